The summed E-state index contributed by atoms with van der Waals surface area (Å²) in [5, 5.41) is 0. The van der Waals surface area contributed by atoms with Gasteiger partial charge >= 0.3 is 0 Å². The number of nitrogens with two attached hydrogens (primary N) is 1. The smallest absolute Gasteiger partial charge is 0.122 e. The number of rotatable bonds is 6. The molecule has 1 rings (SSSR count). The lowest BCUT2D eigenvalue weighted by Crippen LogP contribution is -2.02. The van der Waals surface area contributed by atoms with E-state index in [2.05, 4.69) is 6.92 Å². The van der Waals surface area contributed by atoms with Gasteiger partial charge in [-0.05, 0) is 50.4 Å². The molecule has 0 saturated heterocycles. The molecule has 3 heteroatoms. The van der Waals surface area contributed by atoms with Gasteiger partial charge in [0.15, 0.2) is 0 Å². The van der Waals surface area contributed by atoms with Gasteiger partial charge in [-0.2, -0.15) is 0 Å². The van der Waals surface area contributed by atoms with Crippen molar-refractivity contribution >= 4 is 0 Å². The van der Waals surface area contributed by atoms with Crippen LogP contribution in [0.25, 0.3) is 0 Å². The minimum atomic E-state index is 0.741. The van der Waals surface area contributed by atoms with Gasteiger partial charge in [-0.3, -0.25) is 0 Å². The monoisotopic (exact) mass is 223 g/mol. The van der Waals surface area contributed by atoms with Crippen LogP contribution in [0.5, 0.6) is 11.5 Å². The van der Waals surface area contributed by atoms with Gasteiger partial charge in [0.05, 0.1) is 14.2 Å². The Balaban J connectivity index is 2.92. The van der Waals surface area contributed by atoms with Crippen molar-refractivity contribution in [1.29, 1.82) is 0 Å². The van der Waals surface area contributed by atoms with Gasteiger partial charge < -0.3 is 15.2 Å². The molecule has 0 spiro atoms. The SMILES string of the molecule is COc1ccc(OC)c(CCCCN)c1C. The van der Waals surface area contributed by atoms with Crippen LogP contribution in [-0.2, 0) is 6.42 Å². The highest BCUT2D eigenvalue weighted by Crippen LogP contribution is 2.30. The minimum absolute atomic E-state index is 0.741. The molecule has 0 amide bonds. The number of unbranched alkanes of at least 4 members (excludes halogenated alkanes) is 1. The van der Waals surface area contributed by atoms with Crippen LogP contribution in [0.15, 0.2) is 12.1 Å². The zero-order chi connectivity index (χ0) is 12.0. The Kier molecular flexibility index (Phi) is 5.12. The van der Waals surface area contributed by atoms with Crippen molar-refractivity contribution in [2.24, 2.45) is 5.73 Å². The lowest BCUT2D eigenvalue weighted by atomic mass is 10.0. The van der Waals surface area contributed by atoms with Gasteiger partial charge in [-0.25, -0.2) is 0 Å². The highest BCUT2D eigenvalue weighted by molar-refractivity contribution is 5.48. The molecule has 0 saturated carbocycles. The Hall–Kier alpha value is -1.22. The summed E-state index contributed by atoms with van der Waals surface area (Å²) in [4.78, 5) is 0. The van der Waals surface area contributed by atoms with E-state index in [1.54, 1.807) is 14.2 Å². The molecule has 3 nitrogen and oxygen atoms in total. The third-order valence-corrected chi connectivity index (χ3v) is 2.83. The van der Waals surface area contributed by atoms with E-state index in [0.29, 0.717) is 0 Å². The Morgan fingerprint density at radius 2 is 1.69 bits per heavy atom. The van der Waals surface area contributed by atoms with E-state index < -0.39 is 0 Å². The summed E-state index contributed by atoms with van der Waals surface area (Å²) in [5.74, 6) is 1.86. The molecular formula is C13H21NO2. The fourth-order valence-corrected chi connectivity index (χ4v) is 1.88. The lowest BCUT2D eigenvalue weighted by Gasteiger charge is -2.14. The summed E-state index contributed by atoms with van der Waals surface area (Å²) in [6.07, 6.45) is 3.12. The number of ether oxygens (including phenoxy) is 2. The molecule has 1 aromatic carbocycles. The molecule has 2 N–H and O–H groups in total. The predicted molar refractivity (Wildman–Crippen MR) is 66.3 cm³/mol. The number of benzene rings is 1. The van der Waals surface area contributed by atoms with E-state index in [-0.39, 0.29) is 0 Å². The molecule has 0 heterocycles. The molecule has 0 aliphatic heterocycles. The van der Waals surface area contributed by atoms with Gasteiger partial charge in [0.1, 0.15) is 11.5 Å². The fraction of sp³-hybridized carbons (Fsp3) is 0.538. The van der Waals surface area contributed by atoms with Crippen molar-refractivity contribution < 1.29 is 9.47 Å². The quantitative estimate of drug-likeness (QED) is 0.753. The summed E-state index contributed by atoms with van der Waals surface area (Å²) < 4.78 is 10.7. The maximum absolute atomic E-state index is 5.50. The molecule has 0 aromatic heterocycles. The Bertz CT molecular complexity index is 337. The largest absolute Gasteiger partial charge is 0.496 e. The first-order valence-electron chi connectivity index (χ1n) is 5.65. The van der Waals surface area contributed by atoms with Crippen LogP contribution in [0.2, 0.25) is 0 Å². The van der Waals surface area contributed by atoms with E-state index in [4.69, 9.17) is 15.2 Å². The highest BCUT2D eigenvalue weighted by atomic mass is 16.5. The lowest BCUT2D eigenvalue weighted by molar-refractivity contribution is 0.395. The first-order chi connectivity index (χ1) is 7.74. The standard InChI is InChI=1S/C13H21NO2/c1-10-11(6-4-5-9-14)13(16-3)8-7-12(10)15-2/h7-8H,4-6,9,14H2,1-3H3. The Morgan fingerprint density at radius 3 is 2.25 bits per heavy atom. The molecule has 0 radical (unpaired) electrons. The van der Waals surface area contributed by atoms with Crippen molar-refractivity contribution in [3.63, 3.8) is 0 Å². The first-order valence-corrected chi connectivity index (χ1v) is 5.65. The van der Waals surface area contributed by atoms with E-state index in [0.717, 1.165) is 37.3 Å². The number of hydrogen-bond donors (Lipinski definition) is 1. The average molecular weight is 223 g/mol. The molecule has 1 aromatic rings. The van der Waals surface area contributed by atoms with Crippen molar-refractivity contribution in [3.05, 3.63) is 23.3 Å². The molecule has 0 fully saturated rings. The Morgan fingerprint density at radius 1 is 1.06 bits per heavy atom. The third-order valence-electron chi connectivity index (χ3n) is 2.83. The average Bonchev–Trinajstić information content (AvgIpc) is 2.31. The molecule has 0 bridgehead atoms. The molecule has 0 aliphatic carbocycles. The maximum Gasteiger partial charge on any atom is 0.122 e. The topological polar surface area (TPSA) is 44.5 Å². The third kappa shape index (κ3) is 2.89. The van der Waals surface area contributed by atoms with Crippen LogP contribution in [0.1, 0.15) is 24.0 Å². The number of methoxy groups -OCH3 is 2. The van der Waals surface area contributed by atoms with E-state index >= 15 is 0 Å². The van der Waals surface area contributed by atoms with E-state index in [1.165, 1.54) is 11.1 Å². The van der Waals surface area contributed by atoms with Gasteiger partial charge in [0, 0.05) is 5.56 Å². The fourth-order valence-electron chi connectivity index (χ4n) is 1.88. The maximum atomic E-state index is 5.50. The highest BCUT2D eigenvalue weighted by Gasteiger charge is 2.10. The zero-order valence-electron chi connectivity index (χ0n) is 10.4. The van der Waals surface area contributed by atoms with Crippen molar-refractivity contribution in [2.45, 2.75) is 26.2 Å². The second-order valence-electron chi connectivity index (χ2n) is 3.82. The zero-order valence-corrected chi connectivity index (χ0v) is 10.4. The molecule has 16 heavy (non-hydrogen) atoms. The van der Waals surface area contributed by atoms with Crippen LogP contribution in [0.3, 0.4) is 0 Å². The summed E-state index contributed by atoms with van der Waals surface area (Å²) in [5.41, 5.74) is 7.90. The van der Waals surface area contributed by atoms with Crippen LogP contribution in [0.4, 0.5) is 0 Å². The van der Waals surface area contributed by atoms with E-state index in [1.807, 2.05) is 12.1 Å². The number of hydrogen-bond acceptors (Lipinski definition) is 3. The normalized spacial score (nSPS) is 10.2. The molecule has 0 atom stereocenters. The molecular weight excluding hydrogens is 202 g/mol. The molecule has 0 unspecified atom stereocenters. The molecule has 90 valence electrons. The van der Waals surface area contributed by atoms with Crippen LogP contribution >= 0.6 is 0 Å². The van der Waals surface area contributed by atoms with Gasteiger partial charge in [0.25, 0.3) is 0 Å². The summed E-state index contributed by atoms with van der Waals surface area (Å²) >= 11 is 0. The predicted octanol–water partition coefficient (Wildman–Crippen LogP) is 2.29. The summed E-state index contributed by atoms with van der Waals surface area (Å²) in [6, 6.07) is 3.91. The summed E-state index contributed by atoms with van der Waals surface area (Å²) in [7, 11) is 3.39. The van der Waals surface area contributed by atoms with Crippen LogP contribution in [0, 0.1) is 6.92 Å². The second kappa shape index (κ2) is 6.38. The first kappa shape index (κ1) is 12.8. The van der Waals surface area contributed by atoms with Crippen molar-refractivity contribution in [3.8, 4) is 11.5 Å². The van der Waals surface area contributed by atoms with Crippen LogP contribution in [-0.4, -0.2) is 20.8 Å². The van der Waals surface area contributed by atoms with Crippen molar-refractivity contribution in [1.82, 2.24) is 0 Å². The Labute approximate surface area is 97.6 Å². The van der Waals surface area contributed by atoms with E-state index in [9.17, 15) is 0 Å². The van der Waals surface area contributed by atoms with Crippen LogP contribution < -0.4 is 15.2 Å². The van der Waals surface area contributed by atoms with Gasteiger partial charge in [0.2, 0.25) is 0 Å². The summed E-state index contributed by atoms with van der Waals surface area (Å²) in [6.45, 7) is 2.81. The molecule has 0 aliphatic rings. The van der Waals surface area contributed by atoms with Gasteiger partial charge in [-0.1, -0.05) is 0 Å². The second-order valence-corrected chi connectivity index (χ2v) is 3.82. The van der Waals surface area contributed by atoms with Crippen molar-refractivity contribution in [2.75, 3.05) is 20.8 Å². The minimum Gasteiger partial charge on any atom is -0.496 e. The van der Waals surface area contributed by atoms with Gasteiger partial charge in [-0.15, -0.1) is 0 Å².